The number of hydrogen-bond donors (Lipinski definition) is 2. The predicted molar refractivity (Wildman–Crippen MR) is 113 cm³/mol. The van der Waals surface area contributed by atoms with E-state index in [4.69, 9.17) is 9.05 Å². The van der Waals surface area contributed by atoms with E-state index < -0.39 is 11.9 Å². The Bertz CT molecular complexity index is 937. The summed E-state index contributed by atoms with van der Waals surface area (Å²) in [6.45, 7) is 6.23. The first-order valence-corrected chi connectivity index (χ1v) is 11.2. The van der Waals surface area contributed by atoms with E-state index in [9.17, 15) is 14.7 Å². The monoisotopic (exact) mass is 429 g/mol. The van der Waals surface area contributed by atoms with Gasteiger partial charge in [0.25, 0.3) is 0 Å². The Hall–Kier alpha value is -2.64. The van der Waals surface area contributed by atoms with Crippen LogP contribution in [0, 0.1) is 18.8 Å². The van der Waals surface area contributed by atoms with Crippen LogP contribution in [-0.4, -0.2) is 27.3 Å². The van der Waals surface area contributed by atoms with Gasteiger partial charge in [-0.3, -0.25) is 9.59 Å². The average Bonchev–Trinajstić information content (AvgIpc) is 3.26. The number of aliphatic carboxylic acids is 1. The SMILES string of the molecule is Cc1cc(NC(=O)C[C@H](CC(=O)O)c2noc(C3CC(CC(C)C)C3)c2C2CC2)no1. The maximum Gasteiger partial charge on any atom is 0.304 e. The van der Waals surface area contributed by atoms with Crippen molar-refractivity contribution in [3.8, 4) is 0 Å². The fourth-order valence-corrected chi connectivity index (χ4v) is 4.82. The molecule has 4 rings (SSSR count). The molecule has 0 radical (unpaired) electrons. The molecule has 0 aromatic carbocycles. The largest absolute Gasteiger partial charge is 0.481 e. The molecule has 2 aliphatic carbocycles. The van der Waals surface area contributed by atoms with Crippen molar-refractivity contribution in [3.63, 3.8) is 0 Å². The van der Waals surface area contributed by atoms with Gasteiger partial charge in [0.2, 0.25) is 5.91 Å². The molecule has 2 heterocycles. The average molecular weight is 430 g/mol. The number of carbonyl (C=O) groups is 2. The predicted octanol–water partition coefficient (Wildman–Crippen LogP) is 4.98. The molecule has 0 unspecified atom stereocenters. The van der Waals surface area contributed by atoms with Crippen LogP contribution in [0.3, 0.4) is 0 Å². The Balaban J connectivity index is 1.51. The van der Waals surface area contributed by atoms with Crippen LogP contribution >= 0.6 is 0 Å². The van der Waals surface area contributed by atoms with Gasteiger partial charge in [-0.2, -0.15) is 0 Å². The third-order valence-corrected chi connectivity index (χ3v) is 6.32. The van der Waals surface area contributed by atoms with Gasteiger partial charge in [0.1, 0.15) is 11.5 Å². The summed E-state index contributed by atoms with van der Waals surface area (Å²) in [7, 11) is 0. The van der Waals surface area contributed by atoms with Crippen LogP contribution in [0.25, 0.3) is 0 Å². The fraction of sp³-hybridized carbons (Fsp3) is 0.652. The lowest BCUT2D eigenvalue weighted by molar-refractivity contribution is -0.137. The number of nitrogens with zero attached hydrogens (tertiary/aromatic N) is 2. The molecule has 168 valence electrons. The van der Waals surface area contributed by atoms with Gasteiger partial charge in [0.05, 0.1) is 12.1 Å². The minimum atomic E-state index is -0.956. The highest BCUT2D eigenvalue weighted by atomic mass is 16.5. The Morgan fingerprint density at radius 2 is 1.90 bits per heavy atom. The van der Waals surface area contributed by atoms with Crippen LogP contribution in [0.2, 0.25) is 0 Å². The first-order valence-electron chi connectivity index (χ1n) is 11.2. The van der Waals surface area contributed by atoms with Crippen molar-refractivity contribution in [2.75, 3.05) is 5.32 Å². The normalized spacial score (nSPS) is 21.7. The number of hydrogen-bond acceptors (Lipinski definition) is 6. The molecular weight excluding hydrogens is 398 g/mol. The van der Waals surface area contributed by atoms with Crippen LogP contribution < -0.4 is 5.32 Å². The number of carboxylic acid groups (broad SMARTS) is 1. The lowest BCUT2D eigenvalue weighted by Gasteiger charge is -2.35. The number of anilines is 1. The zero-order valence-corrected chi connectivity index (χ0v) is 18.4. The maximum atomic E-state index is 12.6. The van der Waals surface area contributed by atoms with E-state index in [0.717, 1.165) is 42.9 Å². The van der Waals surface area contributed by atoms with Crippen LogP contribution in [0.5, 0.6) is 0 Å². The number of rotatable bonds is 10. The molecule has 2 aromatic rings. The molecule has 8 nitrogen and oxygen atoms in total. The van der Waals surface area contributed by atoms with E-state index in [-0.39, 0.29) is 18.7 Å². The summed E-state index contributed by atoms with van der Waals surface area (Å²) in [6.07, 6.45) is 5.38. The topological polar surface area (TPSA) is 118 Å². The van der Waals surface area contributed by atoms with E-state index in [2.05, 4.69) is 29.5 Å². The summed E-state index contributed by atoms with van der Waals surface area (Å²) in [5.41, 5.74) is 1.73. The van der Waals surface area contributed by atoms with Crippen LogP contribution in [0.4, 0.5) is 5.82 Å². The van der Waals surface area contributed by atoms with E-state index in [1.807, 2.05) is 0 Å². The van der Waals surface area contributed by atoms with Crippen LogP contribution in [-0.2, 0) is 9.59 Å². The summed E-state index contributed by atoms with van der Waals surface area (Å²) >= 11 is 0. The van der Waals surface area contributed by atoms with E-state index >= 15 is 0 Å². The number of aromatic nitrogens is 2. The molecule has 0 saturated heterocycles. The highest BCUT2D eigenvalue weighted by Gasteiger charge is 2.42. The van der Waals surface area contributed by atoms with Gasteiger partial charge in [-0.25, -0.2) is 0 Å². The van der Waals surface area contributed by atoms with Crippen LogP contribution in [0.1, 0.15) is 99.3 Å². The molecule has 2 N–H and O–H groups in total. The molecule has 2 aromatic heterocycles. The molecule has 2 fully saturated rings. The number of carbonyl (C=O) groups excluding carboxylic acids is 1. The van der Waals surface area contributed by atoms with Crippen molar-refractivity contribution in [2.24, 2.45) is 11.8 Å². The highest BCUT2D eigenvalue weighted by molar-refractivity contribution is 5.90. The number of amides is 1. The lowest BCUT2D eigenvalue weighted by atomic mass is 9.69. The molecular formula is C23H31N3O5. The van der Waals surface area contributed by atoms with E-state index in [0.29, 0.717) is 35.0 Å². The minimum Gasteiger partial charge on any atom is -0.481 e. The molecule has 2 saturated carbocycles. The van der Waals surface area contributed by atoms with Gasteiger partial charge in [0.15, 0.2) is 5.82 Å². The third kappa shape index (κ3) is 5.17. The summed E-state index contributed by atoms with van der Waals surface area (Å²) in [4.78, 5) is 24.2. The van der Waals surface area contributed by atoms with Gasteiger partial charge < -0.3 is 19.5 Å². The molecule has 0 bridgehead atoms. The van der Waals surface area contributed by atoms with E-state index in [1.54, 1.807) is 13.0 Å². The van der Waals surface area contributed by atoms with Gasteiger partial charge in [0, 0.05) is 29.9 Å². The minimum absolute atomic E-state index is 0.00451. The summed E-state index contributed by atoms with van der Waals surface area (Å²) in [6, 6.07) is 1.62. The first-order chi connectivity index (χ1) is 14.8. The number of carboxylic acids is 1. The molecule has 2 aliphatic rings. The zero-order valence-electron chi connectivity index (χ0n) is 18.4. The quantitative estimate of drug-likeness (QED) is 0.547. The van der Waals surface area contributed by atoms with Crippen molar-refractivity contribution in [3.05, 3.63) is 28.8 Å². The second-order valence-corrected chi connectivity index (χ2v) is 9.65. The Kier molecular flexibility index (Phi) is 6.16. The molecule has 0 aliphatic heterocycles. The van der Waals surface area contributed by atoms with Crippen molar-refractivity contribution >= 4 is 17.7 Å². The lowest BCUT2D eigenvalue weighted by Crippen LogP contribution is -2.24. The van der Waals surface area contributed by atoms with Crippen LogP contribution in [0.15, 0.2) is 15.1 Å². The standard InChI is InChI=1S/C23H31N3O5/c1-12(2)6-14-8-17(9-14)23-21(15-4-5-15)22(26-31-23)16(11-20(28)29)10-19(27)24-18-7-13(3)30-25-18/h7,12,14-17H,4-6,8-11H2,1-3H3,(H,28,29)(H,24,25,27)/t14?,16-,17?/m1/s1. The zero-order chi connectivity index (χ0) is 22.1. The van der Waals surface area contributed by atoms with Gasteiger partial charge in [-0.15, -0.1) is 0 Å². The van der Waals surface area contributed by atoms with Crippen molar-refractivity contribution in [1.82, 2.24) is 10.3 Å². The van der Waals surface area contributed by atoms with Crippen molar-refractivity contribution in [2.45, 2.75) is 83.5 Å². The van der Waals surface area contributed by atoms with Crippen molar-refractivity contribution < 1.29 is 23.7 Å². The second kappa shape index (κ2) is 8.85. The number of aryl methyl sites for hydroxylation is 1. The Morgan fingerprint density at radius 3 is 2.48 bits per heavy atom. The third-order valence-electron chi connectivity index (χ3n) is 6.32. The summed E-state index contributed by atoms with van der Waals surface area (Å²) in [5, 5.41) is 20.3. The first kappa shape index (κ1) is 21.6. The molecule has 1 amide bonds. The van der Waals surface area contributed by atoms with Crippen molar-refractivity contribution in [1.29, 1.82) is 0 Å². The maximum absolute atomic E-state index is 12.6. The summed E-state index contributed by atoms with van der Waals surface area (Å²) in [5.74, 6) is 2.18. The smallest absolute Gasteiger partial charge is 0.304 e. The van der Waals surface area contributed by atoms with Gasteiger partial charge >= 0.3 is 5.97 Å². The van der Waals surface area contributed by atoms with E-state index in [1.165, 1.54) is 6.42 Å². The second-order valence-electron chi connectivity index (χ2n) is 9.65. The molecule has 31 heavy (non-hydrogen) atoms. The molecule has 1 atom stereocenters. The van der Waals surface area contributed by atoms with Gasteiger partial charge in [-0.1, -0.05) is 24.2 Å². The Morgan fingerprint density at radius 1 is 1.16 bits per heavy atom. The number of nitrogens with one attached hydrogen (secondary N) is 1. The highest BCUT2D eigenvalue weighted by Crippen LogP contribution is 2.52. The summed E-state index contributed by atoms with van der Waals surface area (Å²) < 4.78 is 10.8. The molecule has 8 heteroatoms. The molecule has 0 spiro atoms. The Labute approximate surface area is 181 Å². The van der Waals surface area contributed by atoms with Gasteiger partial charge in [-0.05, 0) is 56.8 Å². The fourth-order valence-electron chi connectivity index (χ4n) is 4.82.